The Morgan fingerprint density at radius 2 is 1.93 bits per heavy atom. The Bertz CT molecular complexity index is 927. The molecular weight excluding hydrogens is 346 g/mol. The number of aryl methyl sites for hydroxylation is 2. The van der Waals surface area contributed by atoms with E-state index in [1.807, 2.05) is 13.4 Å². The van der Waals surface area contributed by atoms with Crippen LogP contribution in [0.15, 0.2) is 46.5 Å². The predicted octanol–water partition coefficient (Wildman–Crippen LogP) is 5.66. The fourth-order valence-corrected chi connectivity index (χ4v) is 3.77. The molecular formula is C24H29N3O. The number of rotatable bonds is 6. The highest BCUT2D eigenvalue weighted by atomic mass is 16.6. The second kappa shape index (κ2) is 7.78. The Balaban J connectivity index is 1.54. The van der Waals surface area contributed by atoms with Crippen LogP contribution in [0.5, 0.6) is 0 Å². The normalized spacial score (nSPS) is 19.0. The number of benzene rings is 2. The highest BCUT2D eigenvalue weighted by Gasteiger charge is 2.31. The van der Waals surface area contributed by atoms with Crippen LogP contribution in [-0.4, -0.2) is 30.5 Å². The minimum absolute atomic E-state index is 0.0164. The highest BCUT2D eigenvalue weighted by Crippen LogP contribution is 2.43. The molecule has 2 aromatic rings. The molecule has 1 unspecified atom stereocenters. The lowest BCUT2D eigenvalue weighted by Gasteiger charge is -2.15. The van der Waals surface area contributed by atoms with Crippen molar-refractivity contribution in [1.29, 1.82) is 0 Å². The van der Waals surface area contributed by atoms with E-state index in [1.54, 1.807) is 0 Å². The van der Waals surface area contributed by atoms with Crippen molar-refractivity contribution in [3.05, 3.63) is 64.2 Å². The fraction of sp³-hybridized carbons (Fsp3) is 0.417. The van der Waals surface area contributed by atoms with Gasteiger partial charge in [0.25, 0.3) is 0 Å². The van der Waals surface area contributed by atoms with Gasteiger partial charge in [-0.25, -0.2) is 4.99 Å². The lowest BCUT2D eigenvalue weighted by Crippen LogP contribution is -2.14. The predicted molar refractivity (Wildman–Crippen MR) is 116 cm³/mol. The summed E-state index contributed by atoms with van der Waals surface area (Å²) in [7, 11) is 2.03. The molecule has 146 valence electrons. The second-order valence-corrected chi connectivity index (χ2v) is 8.01. The van der Waals surface area contributed by atoms with Crippen molar-refractivity contribution in [2.75, 3.05) is 13.6 Å². The summed E-state index contributed by atoms with van der Waals surface area (Å²) in [6, 6.07) is 13.0. The first-order valence-corrected chi connectivity index (χ1v) is 10.2. The molecule has 0 saturated heterocycles. The van der Waals surface area contributed by atoms with Crippen LogP contribution in [0.4, 0.5) is 5.69 Å². The van der Waals surface area contributed by atoms with E-state index < -0.39 is 0 Å². The molecule has 0 radical (unpaired) electrons. The zero-order chi connectivity index (χ0) is 19.7. The molecule has 1 fully saturated rings. The molecule has 0 spiro atoms. The Kier molecular flexibility index (Phi) is 5.21. The van der Waals surface area contributed by atoms with Crippen molar-refractivity contribution in [2.24, 2.45) is 10.1 Å². The quantitative estimate of drug-likeness (QED) is 0.483. The third kappa shape index (κ3) is 3.82. The molecule has 1 atom stereocenters. The van der Waals surface area contributed by atoms with Crippen molar-refractivity contribution in [2.45, 2.75) is 52.1 Å². The van der Waals surface area contributed by atoms with E-state index in [4.69, 9.17) is 4.84 Å². The molecule has 2 aromatic carbocycles. The van der Waals surface area contributed by atoms with Gasteiger partial charge in [-0.2, -0.15) is 0 Å². The van der Waals surface area contributed by atoms with Crippen molar-refractivity contribution in [3.8, 4) is 0 Å². The van der Waals surface area contributed by atoms with Crippen molar-refractivity contribution >= 4 is 17.7 Å². The lowest BCUT2D eigenvalue weighted by atomic mass is 9.92. The number of nitrogens with zero attached hydrogens (tertiary/aromatic N) is 3. The van der Waals surface area contributed by atoms with Crippen molar-refractivity contribution < 1.29 is 4.84 Å². The summed E-state index contributed by atoms with van der Waals surface area (Å²) in [5.74, 6) is 0.709. The van der Waals surface area contributed by atoms with Crippen LogP contribution in [0.1, 0.15) is 66.0 Å². The second-order valence-electron chi connectivity index (χ2n) is 8.01. The van der Waals surface area contributed by atoms with E-state index in [9.17, 15) is 0 Å². The van der Waals surface area contributed by atoms with Gasteiger partial charge in [-0.1, -0.05) is 29.4 Å². The standard InChI is InChI=1S/C24H29N3O/c1-5-27(4)15-25-22-13-16(2)21(12-17(22)3)24-14-23(26-28-24)20-9-7-6-8-19(20)18-10-11-18/h6-9,12-13,15,18,24H,5,10-11,14H2,1-4H3/b25-15-. The smallest absolute Gasteiger partial charge is 0.158 e. The number of aliphatic imine (C=N–C) groups is 1. The average Bonchev–Trinajstić information content (AvgIpc) is 3.45. The first-order valence-electron chi connectivity index (χ1n) is 10.2. The van der Waals surface area contributed by atoms with Crippen LogP contribution >= 0.6 is 0 Å². The van der Waals surface area contributed by atoms with Gasteiger partial charge in [0.05, 0.1) is 17.7 Å². The molecule has 4 nitrogen and oxygen atoms in total. The molecule has 1 heterocycles. The monoisotopic (exact) mass is 375 g/mol. The van der Waals surface area contributed by atoms with E-state index in [1.165, 1.54) is 35.1 Å². The van der Waals surface area contributed by atoms with Gasteiger partial charge in [0.15, 0.2) is 6.10 Å². The molecule has 1 aliphatic carbocycles. The first kappa shape index (κ1) is 18.7. The van der Waals surface area contributed by atoms with Crippen LogP contribution in [0.3, 0.4) is 0 Å². The molecule has 1 aliphatic heterocycles. The molecule has 0 N–H and O–H groups in total. The van der Waals surface area contributed by atoms with Gasteiger partial charge in [-0.05, 0) is 73.9 Å². The molecule has 0 amide bonds. The SMILES string of the molecule is CCN(C)/C=N\c1cc(C)c(C2CC(c3ccccc3C3CC3)=NO2)cc1C. The molecule has 1 saturated carbocycles. The molecule has 0 aromatic heterocycles. The summed E-state index contributed by atoms with van der Waals surface area (Å²) in [6.07, 6.45) is 5.29. The van der Waals surface area contributed by atoms with Crippen LogP contribution in [0.25, 0.3) is 0 Å². The van der Waals surface area contributed by atoms with E-state index in [2.05, 4.69) is 72.2 Å². The third-order valence-corrected chi connectivity index (χ3v) is 5.78. The largest absolute Gasteiger partial charge is 0.387 e. The maximum absolute atomic E-state index is 5.89. The van der Waals surface area contributed by atoms with Crippen molar-refractivity contribution in [1.82, 2.24) is 4.90 Å². The van der Waals surface area contributed by atoms with Gasteiger partial charge in [0.1, 0.15) is 0 Å². The minimum Gasteiger partial charge on any atom is -0.387 e. The van der Waals surface area contributed by atoms with Gasteiger partial charge in [0.2, 0.25) is 0 Å². The summed E-state index contributed by atoms with van der Waals surface area (Å²) in [5.41, 5.74) is 8.37. The molecule has 0 bridgehead atoms. The maximum atomic E-state index is 5.89. The number of hydrogen-bond donors (Lipinski definition) is 0. The Hall–Kier alpha value is -2.62. The Labute approximate surface area is 167 Å². The zero-order valence-electron chi connectivity index (χ0n) is 17.3. The lowest BCUT2D eigenvalue weighted by molar-refractivity contribution is 0.0852. The van der Waals surface area contributed by atoms with E-state index >= 15 is 0 Å². The molecule has 2 aliphatic rings. The summed E-state index contributed by atoms with van der Waals surface area (Å²) < 4.78 is 0. The maximum Gasteiger partial charge on any atom is 0.158 e. The summed E-state index contributed by atoms with van der Waals surface area (Å²) in [5, 5.41) is 4.48. The summed E-state index contributed by atoms with van der Waals surface area (Å²) >= 11 is 0. The molecule has 4 heteroatoms. The third-order valence-electron chi connectivity index (χ3n) is 5.78. The molecule has 4 rings (SSSR count). The van der Waals surface area contributed by atoms with E-state index in [0.29, 0.717) is 5.92 Å². The van der Waals surface area contributed by atoms with Crippen LogP contribution in [0, 0.1) is 13.8 Å². The van der Waals surface area contributed by atoms with Gasteiger partial charge >= 0.3 is 0 Å². The fourth-order valence-electron chi connectivity index (χ4n) is 3.77. The van der Waals surface area contributed by atoms with Crippen LogP contribution in [0.2, 0.25) is 0 Å². The topological polar surface area (TPSA) is 37.2 Å². The average molecular weight is 376 g/mol. The summed E-state index contributed by atoms with van der Waals surface area (Å²) in [6.45, 7) is 7.30. The summed E-state index contributed by atoms with van der Waals surface area (Å²) in [4.78, 5) is 12.6. The van der Waals surface area contributed by atoms with E-state index in [0.717, 1.165) is 29.9 Å². The van der Waals surface area contributed by atoms with Gasteiger partial charge in [-0.15, -0.1) is 0 Å². The van der Waals surface area contributed by atoms with Gasteiger partial charge < -0.3 is 9.74 Å². The Morgan fingerprint density at radius 3 is 2.68 bits per heavy atom. The van der Waals surface area contributed by atoms with Crippen LogP contribution < -0.4 is 0 Å². The van der Waals surface area contributed by atoms with E-state index in [-0.39, 0.29) is 6.10 Å². The Morgan fingerprint density at radius 1 is 1.14 bits per heavy atom. The zero-order valence-corrected chi connectivity index (χ0v) is 17.3. The number of hydrogen-bond acceptors (Lipinski definition) is 3. The minimum atomic E-state index is -0.0164. The van der Waals surface area contributed by atoms with Gasteiger partial charge in [0, 0.05) is 25.6 Å². The first-order chi connectivity index (χ1) is 13.6. The van der Waals surface area contributed by atoms with Crippen LogP contribution in [-0.2, 0) is 4.84 Å². The van der Waals surface area contributed by atoms with Crippen molar-refractivity contribution in [3.63, 3.8) is 0 Å². The van der Waals surface area contributed by atoms with Gasteiger partial charge in [-0.3, -0.25) is 0 Å². The molecule has 28 heavy (non-hydrogen) atoms. The highest BCUT2D eigenvalue weighted by molar-refractivity contribution is 6.02. The number of oxime groups is 1.